The minimum Gasteiger partial charge on any atom is -0.507 e. The first-order chi connectivity index (χ1) is 10.5. The van der Waals surface area contributed by atoms with Crippen LogP contribution in [-0.2, 0) is 11.2 Å². The highest BCUT2D eigenvalue weighted by molar-refractivity contribution is 9.10. The molecule has 0 spiro atoms. The Kier molecular flexibility index (Phi) is 5.33. The quantitative estimate of drug-likeness (QED) is 0.647. The number of hydrazone groups is 1. The molecule has 0 aliphatic carbocycles. The molecule has 2 rings (SSSR count). The van der Waals surface area contributed by atoms with Crippen LogP contribution in [0.4, 0.5) is 0 Å². The molecule has 5 heteroatoms. The zero-order chi connectivity index (χ0) is 16.1. The molecule has 0 bridgehead atoms. The molecule has 1 amide bonds. The van der Waals surface area contributed by atoms with Gasteiger partial charge in [0.1, 0.15) is 5.75 Å². The van der Waals surface area contributed by atoms with Crippen LogP contribution in [0.5, 0.6) is 5.75 Å². The molecular weight excluding hydrogens is 344 g/mol. The molecule has 2 aromatic carbocycles. The van der Waals surface area contributed by atoms with Crippen LogP contribution in [0.25, 0.3) is 0 Å². The van der Waals surface area contributed by atoms with Crippen molar-refractivity contribution in [1.29, 1.82) is 0 Å². The average molecular weight is 361 g/mol. The Morgan fingerprint density at radius 1 is 1.27 bits per heavy atom. The number of aryl methyl sites for hydroxylation is 2. The summed E-state index contributed by atoms with van der Waals surface area (Å²) in [5, 5.41) is 13.6. The van der Waals surface area contributed by atoms with E-state index in [4.69, 9.17) is 0 Å². The van der Waals surface area contributed by atoms with Crippen molar-refractivity contribution in [2.45, 2.75) is 20.3 Å². The van der Waals surface area contributed by atoms with E-state index in [1.807, 2.05) is 32.0 Å². The monoisotopic (exact) mass is 360 g/mol. The molecular formula is C17H17BrN2O2. The maximum atomic E-state index is 11.9. The van der Waals surface area contributed by atoms with Gasteiger partial charge >= 0.3 is 0 Å². The zero-order valence-corrected chi connectivity index (χ0v) is 14.0. The standard InChI is InChI=1S/C17H17BrN2O2/c1-11-3-4-13(12(2)7-11)9-17(22)20-19-10-14-8-15(18)5-6-16(14)21/h3-8,10,21H,9H2,1-2H3,(H,20,22)/b19-10+. The number of rotatable bonds is 4. The lowest BCUT2D eigenvalue weighted by Gasteiger charge is -2.06. The van der Waals surface area contributed by atoms with Gasteiger partial charge in [-0.05, 0) is 43.2 Å². The first kappa shape index (κ1) is 16.2. The van der Waals surface area contributed by atoms with Gasteiger partial charge in [0.05, 0.1) is 12.6 Å². The zero-order valence-electron chi connectivity index (χ0n) is 12.4. The molecule has 0 saturated carbocycles. The van der Waals surface area contributed by atoms with Crippen LogP contribution in [0.3, 0.4) is 0 Å². The molecule has 0 aliphatic heterocycles. The highest BCUT2D eigenvalue weighted by Gasteiger charge is 2.05. The van der Waals surface area contributed by atoms with Crippen LogP contribution in [0.2, 0.25) is 0 Å². The van der Waals surface area contributed by atoms with E-state index in [0.717, 1.165) is 15.6 Å². The SMILES string of the molecule is Cc1ccc(CC(=O)N/N=C/c2cc(Br)ccc2O)c(C)c1. The summed E-state index contributed by atoms with van der Waals surface area (Å²) < 4.78 is 0.827. The number of carbonyl (C=O) groups is 1. The minimum absolute atomic E-state index is 0.107. The molecule has 0 aliphatic rings. The second-order valence-corrected chi connectivity index (χ2v) is 6.02. The Labute approximate surface area is 138 Å². The summed E-state index contributed by atoms with van der Waals surface area (Å²) in [6, 6.07) is 11.0. The highest BCUT2D eigenvalue weighted by Crippen LogP contribution is 2.19. The van der Waals surface area contributed by atoms with Crippen molar-refractivity contribution >= 4 is 28.1 Å². The fraction of sp³-hybridized carbons (Fsp3) is 0.176. The number of hydrogen-bond acceptors (Lipinski definition) is 3. The maximum absolute atomic E-state index is 11.9. The van der Waals surface area contributed by atoms with E-state index in [2.05, 4.69) is 26.5 Å². The third kappa shape index (κ3) is 4.43. The third-order valence-electron chi connectivity index (χ3n) is 3.23. The van der Waals surface area contributed by atoms with Crippen LogP contribution in [0, 0.1) is 13.8 Å². The van der Waals surface area contributed by atoms with E-state index >= 15 is 0 Å². The maximum Gasteiger partial charge on any atom is 0.244 e. The molecule has 4 nitrogen and oxygen atoms in total. The van der Waals surface area contributed by atoms with Crippen molar-refractivity contribution in [1.82, 2.24) is 5.43 Å². The second kappa shape index (κ2) is 7.22. The van der Waals surface area contributed by atoms with Gasteiger partial charge in [-0.25, -0.2) is 5.43 Å². The molecule has 0 heterocycles. The number of amides is 1. The van der Waals surface area contributed by atoms with Crippen LogP contribution in [0.15, 0.2) is 46.0 Å². The summed E-state index contributed by atoms with van der Waals surface area (Å²) in [4.78, 5) is 11.9. The smallest absolute Gasteiger partial charge is 0.244 e. The molecule has 114 valence electrons. The van der Waals surface area contributed by atoms with Crippen LogP contribution in [0.1, 0.15) is 22.3 Å². The van der Waals surface area contributed by atoms with Crippen LogP contribution >= 0.6 is 15.9 Å². The number of carbonyl (C=O) groups excluding carboxylic acids is 1. The summed E-state index contributed by atoms with van der Waals surface area (Å²) in [5.74, 6) is -0.0896. The van der Waals surface area contributed by atoms with Gasteiger partial charge < -0.3 is 5.11 Å². The van der Waals surface area contributed by atoms with Crippen molar-refractivity contribution in [3.63, 3.8) is 0 Å². The first-order valence-electron chi connectivity index (χ1n) is 6.82. The molecule has 0 unspecified atom stereocenters. The van der Waals surface area contributed by atoms with Crippen molar-refractivity contribution in [2.24, 2.45) is 5.10 Å². The van der Waals surface area contributed by atoms with E-state index in [9.17, 15) is 9.90 Å². The minimum atomic E-state index is -0.197. The second-order valence-electron chi connectivity index (χ2n) is 5.10. The van der Waals surface area contributed by atoms with Crippen LogP contribution < -0.4 is 5.43 Å². The van der Waals surface area contributed by atoms with E-state index in [-0.39, 0.29) is 18.1 Å². The van der Waals surface area contributed by atoms with Gasteiger partial charge in [-0.2, -0.15) is 5.10 Å². The van der Waals surface area contributed by atoms with Gasteiger partial charge in [0.2, 0.25) is 5.91 Å². The Morgan fingerprint density at radius 2 is 2.05 bits per heavy atom. The van der Waals surface area contributed by atoms with Gasteiger partial charge in [-0.1, -0.05) is 39.7 Å². The van der Waals surface area contributed by atoms with E-state index in [1.165, 1.54) is 11.8 Å². The number of hydrogen-bond donors (Lipinski definition) is 2. The predicted octanol–water partition coefficient (Wildman–Crippen LogP) is 3.46. The number of phenolic OH excluding ortho intramolecular Hbond substituents is 1. The van der Waals surface area contributed by atoms with Gasteiger partial charge in [0, 0.05) is 10.0 Å². The molecule has 2 N–H and O–H groups in total. The lowest BCUT2D eigenvalue weighted by atomic mass is 10.0. The van der Waals surface area contributed by atoms with E-state index < -0.39 is 0 Å². The number of phenols is 1. The molecule has 0 saturated heterocycles. The summed E-state index contributed by atoms with van der Waals surface area (Å²) in [5.41, 5.74) is 6.23. The van der Waals surface area contributed by atoms with Gasteiger partial charge in [-0.3, -0.25) is 4.79 Å². The Balaban J connectivity index is 1.98. The lowest BCUT2D eigenvalue weighted by molar-refractivity contribution is -0.120. The van der Waals surface area contributed by atoms with Crippen molar-refractivity contribution in [3.05, 3.63) is 63.1 Å². The Morgan fingerprint density at radius 3 is 2.77 bits per heavy atom. The molecule has 0 fully saturated rings. The average Bonchev–Trinajstić information content (AvgIpc) is 2.46. The summed E-state index contributed by atoms with van der Waals surface area (Å²) >= 11 is 3.32. The third-order valence-corrected chi connectivity index (χ3v) is 3.72. The first-order valence-corrected chi connectivity index (χ1v) is 7.61. The van der Waals surface area contributed by atoms with Gasteiger partial charge in [0.25, 0.3) is 0 Å². The topological polar surface area (TPSA) is 61.7 Å². The van der Waals surface area contributed by atoms with Crippen LogP contribution in [-0.4, -0.2) is 17.2 Å². The molecule has 0 atom stereocenters. The summed E-state index contributed by atoms with van der Waals surface area (Å²) in [6.45, 7) is 4.00. The number of aromatic hydroxyl groups is 1. The molecule has 22 heavy (non-hydrogen) atoms. The number of halogens is 1. The molecule has 2 aromatic rings. The number of nitrogens with zero attached hydrogens (tertiary/aromatic N) is 1. The van der Waals surface area contributed by atoms with Gasteiger partial charge in [0.15, 0.2) is 0 Å². The summed E-state index contributed by atoms with van der Waals surface area (Å²) in [7, 11) is 0. The largest absolute Gasteiger partial charge is 0.507 e. The highest BCUT2D eigenvalue weighted by atomic mass is 79.9. The Bertz CT molecular complexity index is 727. The van der Waals surface area contributed by atoms with Crippen molar-refractivity contribution in [2.75, 3.05) is 0 Å². The van der Waals surface area contributed by atoms with E-state index in [0.29, 0.717) is 5.56 Å². The van der Waals surface area contributed by atoms with Gasteiger partial charge in [-0.15, -0.1) is 0 Å². The molecule has 0 radical (unpaired) electrons. The number of benzene rings is 2. The normalized spacial score (nSPS) is 10.9. The number of nitrogens with one attached hydrogen (secondary N) is 1. The molecule has 0 aromatic heterocycles. The fourth-order valence-corrected chi connectivity index (χ4v) is 2.44. The predicted molar refractivity (Wildman–Crippen MR) is 91.2 cm³/mol. The van der Waals surface area contributed by atoms with Crippen molar-refractivity contribution in [3.8, 4) is 5.75 Å². The van der Waals surface area contributed by atoms with E-state index in [1.54, 1.807) is 18.2 Å². The van der Waals surface area contributed by atoms with Crippen molar-refractivity contribution < 1.29 is 9.90 Å². The summed E-state index contributed by atoms with van der Waals surface area (Å²) in [6.07, 6.45) is 1.69. The lowest BCUT2D eigenvalue weighted by Crippen LogP contribution is -2.20. The fourth-order valence-electron chi connectivity index (χ4n) is 2.06. The Hall–Kier alpha value is -2.14.